The molecule has 0 bridgehead atoms. The van der Waals surface area contributed by atoms with Crippen LogP contribution in [0.2, 0.25) is 0 Å². The van der Waals surface area contributed by atoms with Gasteiger partial charge in [0, 0.05) is 13.1 Å². The van der Waals surface area contributed by atoms with Crippen LogP contribution in [0.1, 0.15) is 31.3 Å². The molecular weight excluding hydrogens is 348 g/mol. The molecule has 0 spiro atoms. The van der Waals surface area contributed by atoms with Crippen molar-refractivity contribution in [2.75, 3.05) is 18.8 Å². The molecule has 0 aliphatic heterocycles. The molecule has 1 amide bonds. The van der Waals surface area contributed by atoms with Gasteiger partial charge >= 0.3 is 0 Å². The molecule has 2 rings (SSSR count). The van der Waals surface area contributed by atoms with Gasteiger partial charge in [-0.15, -0.1) is 22.6 Å². The van der Waals surface area contributed by atoms with Gasteiger partial charge in [0.2, 0.25) is 11.8 Å². The fraction of sp³-hybridized carbons (Fsp3) is 0.438. The lowest BCUT2D eigenvalue weighted by atomic mass is 10.1. The molecule has 0 saturated carbocycles. The Hall–Kier alpha value is -1.57. The molecule has 0 radical (unpaired) electrons. The molecule has 2 aromatic rings. The number of nitrogens with zero attached hydrogens (tertiary/aromatic N) is 3. The minimum atomic E-state index is -0.349. The molecule has 24 heavy (non-hydrogen) atoms. The Morgan fingerprint density at radius 1 is 1.25 bits per heavy atom. The van der Waals surface area contributed by atoms with E-state index < -0.39 is 0 Å². The molecule has 0 aliphatic rings. The van der Waals surface area contributed by atoms with Gasteiger partial charge < -0.3 is 15.1 Å². The van der Waals surface area contributed by atoms with Gasteiger partial charge in [0.15, 0.2) is 0 Å². The van der Waals surface area contributed by atoms with Crippen LogP contribution >= 0.6 is 24.2 Å². The lowest BCUT2D eigenvalue weighted by molar-refractivity contribution is -0.127. The molecule has 0 fully saturated rings. The van der Waals surface area contributed by atoms with E-state index in [4.69, 9.17) is 10.2 Å². The van der Waals surface area contributed by atoms with Crippen LogP contribution in [0.15, 0.2) is 40.0 Å². The Kier molecular flexibility index (Phi) is 8.81. The summed E-state index contributed by atoms with van der Waals surface area (Å²) in [5.74, 6) is 0.747. The molecule has 2 N–H and O–H groups in total. The first-order valence-electron chi connectivity index (χ1n) is 7.67. The number of carbonyl (C=O) groups excluding carboxylic acids is 1. The Labute approximate surface area is 152 Å². The second kappa shape index (κ2) is 10.3. The van der Waals surface area contributed by atoms with E-state index in [-0.39, 0.29) is 30.1 Å². The summed E-state index contributed by atoms with van der Waals surface area (Å²) in [7, 11) is 0. The maximum absolute atomic E-state index is 12.0. The normalized spacial score (nSPS) is 11.6. The third kappa shape index (κ3) is 5.81. The van der Waals surface area contributed by atoms with Crippen LogP contribution in [0.5, 0.6) is 0 Å². The molecule has 0 aliphatic carbocycles. The third-order valence-corrected chi connectivity index (χ3v) is 4.28. The van der Waals surface area contributed by atoms with Gasteiger partial charge in [0.1, 0.15) is 0 Å². The molecule has 6 nitrogen and oxygen atoms in total. The van der Waals surface area contributed by atoms with Crippen LogP contribution in [-0.2, 0) is 11.2 Å². The number of aromatic nitrogens is 2. The summed E-state index contributed by atoms with van der Waals surface area (Å²) in [6, 6.07) is 9.57. The van der Waals surface area contributed by atoms with Gasteiger partial charge in [-0.25, -0.2) is 0 Å². The first-order chi connectivity index (χ1) is 11.1. The van der Waals surface area contributed by atoms with E-state index in [0.717, 1.165) is 5.56 Å². The Morgan fingerprint density at radius 2 is 1.92 bits per heavy atom. The molecule has 1 aromatic carbocycles. The second-order valence-corrected chi connectivity index (χ2v) is 5.98. The highest BCUT2D eigenvalue weighted by atomic mass is 35.5. The van der Waals surface area contributed by atoms with Crippen LogP contribution in [0.4, 0.5) is 0 Å². The van der Waals surface area contributed by atoms with Crippen molar-refractivity contribution in [2.24, 2.45) is 5.73 Å². The van der Waals surface area contributed by atoms with Crippen molar-refractivity contribution < 1.29 is 9.21 Å². The monoisotopic (exact) mass is 370 g/mol. The van der Waals surface area contributed by atoms with Crippen molar-refractivity contribution in [3.05, 3.63) is 41.8 Å². The fourth-order valence-corrected chi connectivity index (χ4v) is 2.85. The minimum absolute atomic E-state index is 0. The average Bonchev–Trinajstić information content (AvgIpc) is 3.04. The zero-order chi connectivity index (χ0) is 16.7. The summed E-state index contributed by atoms with van der Waals surface area (Å²) in [4.78, 5) is 13.7. The molecule has 1 atom stereocenters. The van der Waals surface area contributed by atoms with Crippen LogP contribution < -0.4 is 5.73 Å². The number of thioether (sulfide) groups is 1. The van der Waals surface area contributed by atoms with E-state index in [2.05, 4.69) is 10.2 Å². The highest BCUT2D eigenvalue weighted by Crippen LogP contribution is 2.21. The predicted octanol–water partition coefficient (Wildman–Crippen LogP) is 2.69. The quantitative estimate of drug-likeness (QED) is 0.719. The lowest BCUT2D eigenvalue weighted by Gasteiger charge is -2.17. The van der Waals surface area contributed by atoms with E-state index in [9.17, 15) is 4.79 Å². The summed E-state index contributed by atoms with van der Waals surface area (Å²) in [6.45, 7) is 5.32. The van der Waals surface area contributed by atoms with E-state index in [1.807, 2.05) is 44.2 Å². The topological polar surface area (TPSA) is 85.2 Å². The molecule has 0 unspecified atom stereocenters. The van der Waals surface area contributed by atoms with Crippen molar-refractivity contribution in [1.82, 2.24) is 15.1 Å². The molecule has 8 heteroatoms. The van der Waals surface area contributed by atoms with Gasteiger partial charge in [-0.1, -0.05) is 42.1 Å². The summed E-state index contributed by atoms with van der Waals surface area (Å²) < 4.78 is 5.56. The zero-order valence-corrected chi connectivity index (χ0v) is 15.5. The number of amides is 1. The summed E-state index contributed by atoms with van der Waals surface area (Å²) in [5, 5.41) is 8.32. The van der Waals surface area contributed by atoms with E-state index in [1.165, 1.54) is 11.8 Å². The van der Waals surface area contributed by atoms with Gasteiger partial charge in [-0.3, -0.25) is 4.79 Å². The Balaban J connectivity index is 0.00000288. The van der Waals surface area contributed by atoms with E-state index in [1.54, 1.807) is 4.90 Å². The van der Waals surface area contributed by atoms with Crippen molar-refractivity contribution in [2.45, 2.75) is 31.5 Å². The van der Waals surface area contributed by atoms with Gasteiger partial charge in [0.25, 0.3) is 5.22 Å². The molecule has 0 saturated heterocycles. The SMILES string of the molecule is CCN(CC)C(=O)CSc1nnc([C@@H](N)Cc2ccccc2)o1.Cl. The molecular formula is C16H23ClN4O2S. The maximum atomic E-state index is 12.0. The van der Waals surface area contributed by atoms with Crippen LogP contribution in [0, 0.1) is 0 Å². The predicted molar refractivity (Wildman–Crippen MR) is 97.3 cm³/mol. The van der Waals surface area contributed by atoms with E-state index in [0.29, 0.717) is 30.6 Å². The summed E-state index contributed by atoms with van der Waals surface area (Å²) in [5.41, 5.74) is 7.22. The first kappa shape index (κ1) is 20.5. The van der Waals surface area contributed by atoms with E-state index >= 15 is 0 Å². The maximum Gasteiger partial charge on any atom is 0.277 e. The number of hydrogen-bond acceptors (Lipinski definition) is 6. The van der Waals surface area contributed by atoms with Crippen molar-refractivity contribution in [3.8, 4) is 0 Å². The summed E-state index contributed by atoms with van der Waals surface area (Å²) in [6.07, 6.45) is 0.630. The molecule has 132 valence electrons. The standard InChI is InChI=1S/C16H22N4O2S.ClH/c1-3-20(4-2)14(21)11-23-16-19-18-15(22-16)13(17)10-12-8-6-5-7-9-12;/h5-9,13H,3-4,10-11,17H2,1-2H3;1H/t13-;/m0./s1. The lowest BCUT2D eigenvalue weighted by Crippen LogP contribution is -2.31. The minimum Gasteiger partial charge on any atom is -0.414 e. The third-order valence-electron chi connectivity index (χ3n) is 3.47. The van der Waals surface area contributed by atoms with Gasteiger partial charge in [-0.05, 0) is 25.8 Å². The number of nitrogens with two attached hydrogens (primary N) is 1. The smallest absolute Gasteiger partial charge is 0.277 e. The largest absolute Gasteiger partial charge is 0.414 e. The number of benzene rings is 1. The highest BCUT2D eigenvalue weighted by molar-refractivity contribution is 7.99. The van der Waals surface area contributed by atoms with Crippen molar-refractivity contribution in [1.29, 1.82) is 0 Å². The molecule has 1 aromatic heterocycles. The molecule has 1 heterocycles. The number of hydrogen-bond donors (Lipinski definition) is 1. The number of carbonyl (C=O) groups is 1. The highest BCUT2D eigenvalue weighted by Gasteiger charge is 2.17. The number of rotatable bonds is 8. The van der Waals surface area contributed by atoms with Crippen molar-refractivity contribution in [3.63, 3.8) is 0 Å². The van der Waals surface area contributed by atoms with Crippen LogP contribution in [-0.4, -0.2) is 39.8 Å². The first-order valence-corrected chi connectivity index (χ1v) is 8.66. The second-order valence-electron chi connectivity index (χ2n) is 5.06. The zero-order valence-electron chi connectivity index (χ0n) is 13.8. The Morgan fingerprint density at radius 3 is 2.54 bits per heavy atom. The van der Waals surface area contributed by atoms with Gasteiger partial charge in [-0.2, -0.15) is 0 Å². The van der Waals surface area contributed by atoms with Crippen LogP contribution in [0.25, 0.3) is 0 Å². The summed E-state index contributed by atoms with van der Waals surface area (Å²) >= 11 is 1.25. The fourth-order valence-electron chi connectivity index (χ4n) is 2.17. The van der Waals surface area contributed by atoms with Gasteiger partial charge in [0.05, 0.1) is 11.8 Å². The van der Waals surface area contributed by atoms with Crippen molar-refractivity contribution >= 4 is 30.1 Å². The Bertz CT molecular complexity index is 620. The van der Waals surface area contributed by atoms with Crippen LogP contribution in [0.3, 0.4) is 0 Å². The average molecular weight is 371 g/mol. The number of halogens is 1.